The van der Waals surface area contributed by atoms with Crippen LogP contribution in [-0.2, 0) is 4.74 Å². The first-order chi connectivity index (χ1) is 16.3. The molecule has 3 aromatic rings. The number of ether oxygens (including phenoxy) is 3. The molecule has 0 aliphatic rings. The zero-order chi connectivity index (χ0) is 24.7. The van der Waals surface area contributed by atoms with Crippen molar-refractivity contribution in [3.8, 4) is 23.4 Å². The fourth-order valence-electron chi connectivity index (χ4n) is 2.78. The summed E-state index contributed by atoms with van der Waals surface area (Å²) in [4.78, 5) is 36.6. The van der Waals surface area contributed by atoms with Gasteiger partial charge in [0.15, 0.2) is 5.82 Å². The number of Topliss-reactive ketones (excluding diaryl/α,β-unsaturated/α-hetero) is 1. The molecular weight excluding hydrogens is 462 g/mol. The first-order valence-corrected chi connectivity index (χ1v) is 10.4. The molecule has 1 atom stereocenters. The van der Waals surface area contributed by atoms with Gasteiger partial charge in [-0.3, -0.25) is 14.6 Å². The van der Waals surface area contributed by atoms with E-state index in [0.717, 1.165) is 0 Å². The number of carbonyl (C=O) groups is 2. The van der Waals surface area contributed by atoms with Crippen LogP contribution in [0.5, 0.6) is 17.4 Å². The molecule has 0 bridgehead atoms. The van der Waals surface area contributed by atoms with Crippen molar-refractivity contribution in [3.05, 3.63) is 64.7 Å². The van der Waals surface area contributed by atoms with Crippen molar-refractivity contribution in [2.45, 2.75) is 20.0 Å². The van der Waals surface area contributed by atoms with Gasteiger partial charge in [0.1, 0.15) is 28.7 Å². The summed E-state index contributed by atoms with van der Waals surface area (Å²) < 4.78 is 16.7. The van der Waals surface area contributed by atoms with E-state index >= 15 is 0 Å². The fraction of sp³-hybridized carbons (Fsp3) is 0.217. The van der Waals surface area contributed by atoms with E-state index in [1.54, 1.807) is 26.2 Å². The number of carbonyl (C=O) groups excluding carboxylic acids is 2. The lowest BCUT2D eigenvalue weighted by molar-refractivity contribution is 0.0915. The van der Waals surface area contributed by atoms with Crippen molar-refractivity contribution in [2.24, 2.45) is 0 Å². The van der Waals surface area contributed by atoms with Gasteiger partial charge in [-0.2, -0.15) is 5.26 Å². The summed E-state index contributed by atoms with van der Waals surface area (Å²) in [6.07, 6.45) is 3.85. The number of aryl methyl sites for hydroxylation is 1. The number of pyridine rings is 1. The molecule has 0 saturated carbocycles. The summed E-state index contributed by atoms with van der Waals surface area (Å²) in [6, 6.07) is 7.34. The molecule has 11 heteroatoms. The van der Waals surface area contributed by atoms with Gasteiger partial charge in [-0.25, -0.2) is 9.97 Å². The van der Waals surface area contributed by atoms with Crippen LogP contribution in [0, 0.1) is 18.3 Å². The van der Waals surface area contributed by atoms with Crippen LogP contribution < -0.4 is 14.8 Å². The topological polar surface area (TPSA) is 136 Å². The molecule has 2 heterocycles. The lowest BCUT2D eigenvalue weighted by Crippen LogP contribution is -2.19. The summed E-state index contributed by atoms with van der Waals surface area (Å²) in [7, 11) is 1.55. The largest absolute Gasteiger partial charge is 0.488 e. The quantitative estimate of drug-likeness (QED) is 0.355. The van der Waals surface area contributed by atoms with E-state index in [-0.39, 0.29) is 39.7 Å². The highest BCUT2D eigenvalue weighted by molar-refractivity contribution is 6.32. The second kappa shape index (κ2) is 11.2. The maximum atomic E-state index is 12.9. The van der Waals surface area contributed by atoms with Gasteiger partial charge >= 0.3 is 0 Å². The summed E-state index contributed by atoms with van der Waals surface area (Å²) >= 11 is 6.18. The second-order valence-electron chi connectivity index (χ2n) is 7.13. The van der Waals surface area contributed by atoms with Crippen LogP contribution in [-0.4, -0.2) is 46.5 Å². The van der Waals surface area contributed by atoms with E-state index in [1.165, 1.54) is 36.8 Å². The Labute approximate surface area is 200 Å². The van der Waals surface area contributed by atoms with Crippen molar-refractivity contribution < 1.29 is 23.8 Å². The number of hydrogen-bond donors (Lipinski definition) is 1. The Morgan fingerprint density at radius 3 is 2.50 bits per heavy atom. The number of halogens is 1. The number of rotatable bonds is 9. The highest BCUT2D eigenvalue weighted by Gasteiger charge is 2.16. The monoisotopic (exact) mass is 481 g/mol. The Bertz CT molecular complexity index is 1240. The fourth-order valence-corrected chi connectivity index (χ4v) is 2.98. The van der Waals surface area contributed by atoms with Crippen LogP contribution in [0.2, 0.25) is 5.02 Å². The molecule has 2 aromatic heterocycles. The standard InChI is InChI=1S/C23H20ClN5O5/c1-13-9-27-21(11-26-13)29-22(31)15-4-17(33-14(2)12-32-3)7-18(5-15)34-23-19(24)6-16(10-28-23)20(30)8-25/h4-7,9-11,14H,12H2,1-3H3,(H,27,29,31)/t14-/m0/s1. The van der Waals surface area contributed by atoms with Gasteiger partial charge in [-0.15, -0.1) is 0 Å². The smallest absolute Gasteiger partial charge is 0.263 e. The minimum absolute atomic E-state index is 0.0149. The summed E-state index contributed by atoms with van der Waals surface area (Å²) in [5.41, 5.74) is 0.958. The van der Waals surface area contributed by atoms with Gasteiger partial charge in [0, 0.05) is 24.9 Å². The SMILES string of the molecule is COC[C@H](C)Oc1cc(Oc2ncc(C(=O)C#N)cc2Cl)cc(C(=O)Nc2cnc(C)cn2)c1. The number of amides is 1. The van der Waals surface area contributed by atoms with Crippen LogP contribution in [0.15, 0.2) is 42.9 Å². The molecule has 1 aromatic carbocycles. The van der Waals surface area contributed by atoms with Crippen LogP contribution >= 0.6 is 11.6 Å². The molecule has 34 heavy (non-hydrogen) atoms. The van der Waals surface area contributed by atoms with Crippen molar-refractivity contribution >= 4 is 29.1 Å². The first-order valence-electron chi connectivity index (χ1n) is 9.97. The highest BCUT2D eigenvalue weighted by atomic mass is 35.5. The Morgan fingerprint density at radius 1 is 1.09 bits per heavy atom. The van der Waals surface area contributed by atoms with E-state index < -0.39 is 11.7 Å². The number of aromatic nitrogens is 3. The van der Waals surface area contributed by atoms with Gasteiger partial charge < -0.3 is 19.5 Å². The first kappa shape index (κ1) is 24.6. The molecule has 3 rings (SSSR count). The average molecular weight is 482 g/mol. The number of nitrogens with one attached hydrogen (secondary N) is 1. The molecule has 0 aliphatic carbocycles. The van der Waals surface area contributed by atoms with E-state index in [0.29, 0.717) is 18.1 Å². The van der Waals surface area contributed by atoms with Crippen molar-refractivity contribution in [2.75, 3.05) is 19.0 Å². The third-order valence-electron chi connectivity index (χ3n) is 4.29. The Hall–Kier alpha value is -4.07. The van der Waals surface area contributed by atoms with Crippen molar-refractivity contribution in [3.63, 3.8) is 0 Å². The molecule has 0 aliphatic heterocycles. The molecular formula is C23H20ClN5O5. The van der Waals surface area contributed by atoms with Gasteiger partial charge in [-0.1, -0.05) is 11.6 Å². The molecule has 1 amide bonds. The lowest BCUT2D eigenvalue weighted by atomic mass is 10.2. The third kappa shape index (κ3) is 6.48. The minimum atomic E-state index is -0.776. The number of benzene rings is 1. The predicted octanol–water partition coefficient (Wildman–Crippen LogP) is 4.00. The van der Waals surface area contributed by atoms with Gasteiger partial charge in [0.25, 0.3) is 11.7 Å². The molecule has 0 spiro atoms. The second-order valence-corrected chi connectivity index (χ2v) is 7.54. The number of hydrogen-bond acceptors (Lipinski definition) is 9. The summed E-state index contributed by atoms with van der Waals surface area (Å²) in [5.74, 6) is -0.442. The Morgan fingerprint density at radius 2 is 1.85 bits per heavy atom. The Kier molecular flexibility index (Phi) is 8.08. The minimum Gasteiger partial charge on any atom is -0.488 e. The lowest BCUT2D eigenvalue weighted by Gasteiger charge is -2.16. The van der Waals surface area contributed by atoms with E-state index in [9.17, 15) is 9.59 Å². The van der Waals surface area contributed by atoms with E-state index in [2.05, 4.69) is 20.3 Å². The zero-order valence-corrected chi connectivity index (χ0v) is 19.3. The van der Waals surface area contributed by atoms with Crippen LogP contribution in [0.25, 0.3) is 0 Å². The number of anilines is 1. The number of methoxy groups -OCH3 is 1. The van der Waals surface area contributed by atoms with E-state index in [4.69, 9.17) is 31.1 Å². The van der Waals surface area contributed by atoms with Crippen LogP contribution in [0.4, 0.5) is 5.82 Å². The van der Waals surface area contributed by atoms with Gasteiger partial charge in [0.2, 0.25) is 5.88 Å². The van der Waals surface area contributed by atoms with Gasteiger partial charge in [0.05, 0.1) is 30.3 Å². The van der Waals surface area contributed by atoms with Crippen molar-refractivity contribution in [1.82, 2.24) is 15.0 Å². The molecule has 0 unspecified atom stereocenters. The number of ketones is 1. The molecule has 1 N–H and O–H groups in total. The van der Waals surface area contributed by atoms with Crippen LogP contribution in [0.1, 0.15) is 33.3 Å². The normalized spacial score (nSPS) is 11.3. The van der Waals surface area contributed by atoms with Crippen molar-refractivity contribution in [1.29, 1.82) is 5.26 Å². The van der Waals surface area contributed by atoms with E-state index in [1.807, 2.05) is 6.92 Å². The third-order valence-corrected chi connectivity index (χ3v) is 4.56. The predicted molar refractivity (Wildman–Crippen MR) is 122 cm³/mol. The maximum absolute atomic E-state index is 12.9. The summed E-state index contributed by atoms with van der Waals surface area (Å²) in [6.45, 7) is 3.92. The summed E-state index contributed by atoms with van der Waals surface area (Å²) in [5, 5.41) is 11.4. The molecule has 174 valence electrons. The molecule has 10 nitrogen and oxygen atoms in total. The average Bonchev–Trinajstić information content (AvgIpc) is 2.81. The zero-order valence-electron chi connectivity index (χ0n) is 18.5. The maximum Gasteiger partial charge on any atom is 0.263 e. The Balaban J connectivity index is 1.91. The molecule has 0 radical (unpaired) electrons. The number of nitriles is 1. The van der Waals surface area contributed by atoms with Crippen LogP contribution in [0.3, 0.4) is 0 Å². The molecule has 0 saturated heterocycles. The van der Waals surface area contributed by atoms with Gasteiger partial charge in [-0.05, 0) is 32.0 Å². The number of nitrogens with zero attached hydrogens (tertiary/aromatic N) is 4. The highest BCUT2D eigenvalue weighted by Crippen LogP contribution is 2.31. The molecule has 0 fully saturated rings.